The van der Waals surface area contributed by atoms with Gasteiger partial charge in [-0.2, -0.15) is 4.98 Å². The predicted molar refractivity (Wildman–Crippen MR) is 132 cm³/mol. The average molecular weight is 512 g/mol. The molecule has 3 aromatic heterocycles. The summed E-state index contributed by atoms with van der Waals surface area (Å²) in [5.41, 5.74) is 0.137. The molecule has 196 valence electrons. The van der Waals surface area contributed by atoms with Crippen LogP contribution >= 0.6 is 0 Å². The molecule has 1 amide bonds. The van der Waals surface area contributed by atoms with Gasteiger partial charge in [0.2, 0.25) is 11.7 Å². The van der Waals surface area contributed by atoms with E-state index >= 15 is 0 Å². The van der Waals surface area contributed by atoms with E-state index in [0.717, 1.165) is 25.0 Å². The minimum absolute atomic E-state index is 0.0657. The number of carbonyl (C=O) groups is 1. The highest BCUT2D eigenvalue weighted by atomic mass is 19.1. The molecule has 37 heavy (non-hydrogen) atoms. The van der Waals surface area contributed by atoms with Gasteiger partial charge in [-0.15, -0.1) is 0 Å². The number of halogens is 1. The average Bonchev–Trinajstić information content (AvgIpc) is 3.20. The van der Waals surface area contributed by atoms with Crippen LogP contribution in [0.4, 0.5) is 10.1 Å². The van der Waals surface area contributed by atoms with Crippen molar-refractivity contribution >= 4 is 17.4 Å². The summed E-state index contributed by atoms with van der Waals surface area (Å²) in [4.78, 5) is 35.5. The van der Waals surface area contributed by atoms with Crippen molar-refractivity contribution in [3.05, 3.63) is 52.3 Å². The second kappa shape index (κ2) is 8.63. The number of ether oxygens (including phenoxy) is 3. The number of nitrogens with one attached hydrogen (secondary N) is 1. The van der Waals surface area contributed by atoms with E-state index < -0.39 is 23.7 Å². The Morgan fingerprint density at radius 2 is 2.14 bits per heavy atom. The summed E-state index contributed by atoms with van der Waals surface area (Å²) in [6.45, 7) is 4.79. The van der Waals surface area contributed by atoms with E-state index in [1.165, 1.54) is 16.8 Å². The molecular formula is C26H30FN5O5. The van der Waals surface area contributed by atoms with Gasteiger partial charge >= 0.3 is 0 Å². The summed E-state index contributed by atoms with van der Waals surface area (Å²) in [6.07, 6.45) is 6.71. The van der Waals surface area contributed by atoms with E-state index in [0.29, 0.717) is 25.4 Å². The van der Waals surface area contributed by atoms with Crippen molar-refractivity contribution in [3.8, 4) is 5.88 Å². The molecule has 0 aromatic carbocycles. The summed E-state index contributed by atoms with van der Waals surface area (Å²) < 4.78 is 34.0. The molecule has 3 fully saturated rings. The van der Waals surface area contributed by atoms with Crippen LogP contribution in [0, 0.1) is 0 Å². The van der Waals surface area contributed by atoms with Gasteiger partial charge in [0.25, 0.3) is 11.5 Å². The third kappa shape index (κ3) is 4.10. The number of aromatic nitrogens is 4. The van der Waals surface area contributed by atoms with Crippen LogP contribution in [-0.4, -0.2) is 63.0 Å². The maximum atomic E-state index is 13.6. The zero-order valence-electron chi connectivity index (χ0n) is 21.1. The number of fused-ring (bicyclic) bond motifs is 3. The lowest BCUT2D eigenvalue weighted by Gasteiger charge is -2.27. The molecule has 2 bridgehead atoms. The first-order chi connectivity index (χ1) is 17.7. The smallest absolute Gasteiger partial charge is 0.274 e. The summed E-state index contributed by atoms with van der Waals surface area (Å²) in [7, 11) is 1.68. The van der Waals surface area contributed by atoms with Crippen LogP contribution in [0.3, 0.4) is 0 Å². The van der Waals surface area contributed by atoms with Crippen LogP contribution in [0.15, 0.2) is 35.5 Å². The van der Waals surface area contributed by atoms with Gasteiger partial charge in [0.15, 0.2) is 0 Å². The molecule has 4 heterocycles. The number of nitrogens with zero attached hydrogens (tertiary/aromatic N) is 4. The fourth-order valence-corrected chi connectivity index (χ4v) is 5.65. The van der Waals surface area contributed by atoms with Crippen LogP contribution in [0.2, 0.25) is 0 Å². The maximum Gasteiger partial charge on any atom is 0.274 e. The van der Waals surface area contributed by atoms with Gasteiger partial charge in [-0.3, -0.25) is 14.0 Å². The quantitative estimate of drug-likeness (QED) is 0.495. The van der Waals surface area contributed by atoms with Gasteiger partial charge in [0, 0.05) is 37.5 Å². The molecule has 0 radical (unpaired) electrons. The molecule has 10 nitrogen and oxygen atoms in total. The Morgan fingerprint density at radius 1 is 1.32 bits per heavy atom. The van der Waals surface area contributed by atoms with E-state index in [-0.39, 0.29) is 34.3 Å². The number of carbonyl (C=O) groups excluding carboxylic acids is 1. The Kier molecular flexibility index (Phi) is 5.61. The number of rotatable bonds is 8. The highest BCUT2D eigenvalue weighted by Crippen LogP contribution is 2.54. The molecule has 11 heteroatoms. The number of amides is 1. The van der Waals surface area contributed by atoms with Crippen LogP contribution in [0.25, 0.3) is 5.78 Å². The van der Waals surface area contributed by atoms with Crippen molar-refractivity contribution in [2.45, 2.75) is 68.9 Å². The summed E-state index contributed by atoms with van der Waals surface area (Å²) in [6, 6.07) is 2.64. The number of pyridine rings is 1. The minimum Gasteiger partial charge on any atom is -0.474 e. The van der Waals surface area contributed by atoms with Gasteiger partial charge in [0.05, 0.1) is 36.7 Å². The Morgan fingerprint density at radius 3 is 2.81 bits per heavy atom. The van der Waals surface area contributed by atoms with Crippen LogP contribution < -0.4 is 15.6 Å². The second-order valence-electron chi connectivity index (χ2n) is 10.7. The lowest BCUT2D eigenvalue weighted by atomic mass is 9.84. The Balaban J connectivity index is 1.33. The number of anilines is 1. The molecule has 1 aliphatic heterocycles. The zero-order chi connectivity index (χ0) is 25.9. The third-order valence-electron chi connectivity index (χ3n) is 7.59. The summed E-state index contributed by atoms with van der Waals surface area (Å²) >= 11 is 0. The van der Waals surface area contributed by atoms with E-state index in [1.54, 1.807) is 23.8 Å². The highest BCUT2D eigenvalue weighted by molar-refractivity contribution is 6.05. The predicted octanol–water partition coefficient (Wildman–Crippen LogP) is 3.05. The normalized spacial score (nSPS) is 28.2. The molecule has 0 spiro atoms. The molecule has 3 aliphatic rings. The van der Waals surface area contributed by atoms with Crippen LogP contribution in [0.1, 0.15) is 61.6 Å². The molecule has 3 aromatic rings. The Hall–Kier alpha value is -3.31. The Labute approximate surface area is 212 Å². The van der Waals surface area contributed by atoms with Crippen molar-refractivity contribution in [1.29, 1.82) is 0 Å². The van der Waals surface area contributed by atoms with E-state index in [2.05, 4.69) is 10.3 Å². The number of methoxy groups -OCH3 is 1. The topological polar surface area (TPSA) is 109 Å². The van der Waals surface area contributed by atoms with Gasteiger partial charge in [-0.1, -0.05) is 0 Å². The fourth-order valence-electron chi connectivity index (χ4n) is 5.65. The zero-order valence-corrected chi connectivity index (χ0v) is 21.1. The number of hydrogen-bond acceptors (Lipinski definition) is 7. The lowest BCUT2D eigenvalue weighted by molar-refractivity contribution is -0.0659. The van der Waals surface area contributed by atoms with Crippen molar-refractivity contribution in [1.82, 2.24) is 18.9 Å². The molecule has 1 N–H and O–H groups in total. The SMILES string of the molecule is COC[C@@]12CC[C@@](c3cn4cc(C(=O)Nc5cccn([C@H]6C[C@H]6F)c5=O)c(OC(C)C)nc4n3)(CO1)C2. The number of alkyl halides is 1. The summed E-state index contributed by atoms with van der Waals surface area (Å²) in [5.74, 6) is -0.0117. The van der Waals surface area contributed by atoms with E-state index in [9.17, 15) is 14.0 Å². The maximum absolute atomic E-state index is 13.6. The van der Waals surface area contributed by atoms with Crippen LogP contribution in [0.5, 0.6) is 5.88 Å². The highest BCUT2D eigenvalue weighted by Gasteiger charge is 2.57. The van der Waals surface area contributed by atoms with Crippen molar-refractivity contribution in [2.75, 3.05) is 25.6 Å². The van der Waals surface area contributed by atoms with Crippen molar-refractivity contribution in [3.63, 3.8) is 0 Å². The fraction of sp³-hybridized carbons (Fsp3) is 0.538. The first-order valence-corrected chi connectivity index (χ1v) is 12.6. The first-order valence-electron chi connectivity index (χ1n) is 12.6. The molecule has 0 unspecified atom stereocenters. The number of imidazole rings is 1. The largest absolute Gasteiger partial charge is 0.474 e. The Bertz CT molecular complexity index is 1420. The molecule has 2 saturated carbocycles. The molecule has 4 atom stereocenters. The van der Waals surface area contributed by atoms with Gasteiger partial charge in [-0.25, -0.2) is 9.37 Å². The molecule has 2 aliphatic carbocycles. The number of hydrogen-bond donors (Lipinski definition) is 1. The summed E-state index contributed by atoms with van der Waals surface area (Å²) in [5, 5.41) is 2.67. The minimum atomic E-state index is -1.04. The lowest BCUT2D eigenvalue weighted by Crippen LogP contribution is -2.32. The molecular weight excluding hydrogens is 481 g/mol. The third-order valence-corrected chi connectivity index (χ3v) is 7.59. The standard InChI is InChI=1S/C26H30FN5O5/c1-15(2)37-22-16(21(33)28-18-5-4-8-32(23(18)34)19-9-17(19)27)10-31-11-20(29-24(31)30-22)25-6-7-26(12-25,14-35-3)36-13-25/h4-5,8,10-11,15,17,19H,6-7,9,12-14H2,1-3H3,(H,28,33)/t17-,19+,25+,26+/m1/s1. The molecule has 1 saturated heterocycles. The van der Waals surface area contributed by atoms with Crippen molar-refractivity contribution < 1.29 is 23.4 Å². The van der Waals surface area contributed by atoms with Crippen molar-refractivity contribution in [2.24, 2.45) is 0 Å². The van der Waals surface area contributed by atoms with E-state index in [1.807, 2.05) is 20.0 Å². The molecule has 6 rings (SSSR count). The van der Waals surface area contributed by atoms with Gasteiger partial charge in [0.1, 0.15) is 17.4 Å². The van der Waals surface area contributed by atoms with E-state index in [4.69, 9.17) is 19.2 Å². The monoisotopic (exact) mass is 511 g/mol. The van der Waals surface area contributed by atoms with Crippen LogP contribution in [-0.2, 0) is 14.9 Å². The van der Waals surface area contributed by atoms with Gasteiger partial charge < -0.3 is 24.1 Å². The second-order valence-corrected chi connectivity index (χ2v) is 10.7. The first kappa shape index (κ1) is 24.1. The van der Waals surface area contributed by atoms with Gasteiger partial charge in [-0.05, 0) is 45.2 Å².